The van der Waals surface area contributed by atoms with Gasteiger partial charge < -0.3 is 4.74 Å². The summed E-state index contributed by atoms with van der Waals surface area (Å²) in [5, 5.41) is 6.73. The van der Waals surface area contributed by atoms with E-state index < -0.39 is 11.9 Å². The van der Waals surface area contributed by atoms with Crippen molar-refractivity contribution >= 4 is 34.8 Å². The Labute approximate surface area is 147 Å². The van der Waals surface area contributed by atoms with Crippen LogP contribution in [0.2, 0.25) is 5.02 Å². The van der Waals surface area contributed by atoms with Crippen molar-refractivity contribution in [1.82, 2.24) is 9.78 Å². The highest BCUT2D eigenvalue weighted by atomic mass is 35.5. The van der Waals surface area contributed by atoms with Gasteiger partial charge in [0.1, 0.15) is 5.69 Å². The summed E-state index contributed by atoms with van der Waals surface area (Å²) < 4.78 is 6.11. The summed E-state index contributed by atoms with van der Waals surface area (Å²) in [6.45, 7) is 1.92. The zero-order valence-electron chi connectivity index (χ0n) is 12.7. The first-order chi connectivity index (χ1) is 11.6. The Morgan fingerprint density at radius 2 is 2.00 bits per heavy atom. The molecule has 0 spiro atoms. The average molecular weight is 361 g/mol. The maximum Gasteiger partial charge on any atom is 0.357 e. The number of thiophene rings is 1. The van der Waals surface area contributed by atoms with Crippen molar-refractivity contribution in [2.75, 3.05) is 6.61 Å². The minimum Gasteiger partial charge on any atom is -0.461 e. The lowest BCUT2D eigenvalue weighted by molar-refractivity contribution is 0.0507. The number of esters is 1. The molecule has 3 aromatic rings. The van der Waals surface area contributed by atoms with Crippen LogP contribution in [0.1, 0.15) is 27.8 Å². The van der Waals surface area contributed by atoms with Crippen molar-refractivity contribution in [3.63, 3.8) is 0 Å². The summed E-state index contributed by atoms with van der Waals surface area (Å²) in [6.07, 6.45) is 0. The predicted molar refractivity (Wildman–Crippen MR) is 92.7 cm³/mol. The van der Waals surface area contributed by atoms with E-state index in [-0.39, 0.29) is 12.3 Å². The first kappa shape index (κ1) is 16.4. The van der Waals surface area contributed by atoms with Gasteiger partial charge in [-0.05, 0) is 42.6 Å². The molecular weight excluding hydrogens is 348 g/mol. The summed E-state index contributed by atoms with van der Waals surface area (Å²) in [5.74, 6) is -1.01. The van der Waals surface area contributed by atoms with Crippen molar-refractivity contribution < 1.29 is 14.3 Å². The van der Waals surface area contributed by atoms with Gasteiger partial charge in [-0.3, -0.25) is 4.79 Å². The van der Waals surface area contributed by atoms with E-state index in [9.17, 15) is 9.59 Å². The zero-order valence-corrected chi connectivity index (χ0v) is 14.3. The van der Waals surface area contributed by atoms with Gasteiger partial charge in [-0.15, -0.1) is 11.3 Å². The smallest absolute Gasteiger partial charge is 0.357 e. The second-order valence-corrected chi connectivity index (χ2v) is 6.22. The van der Waals surface area contributed by atoms with Gasteiger partial charge >= 0.3 is 5.97 Å². The third-order valence-corrected chi connectivity index (χ3v) is 4.40. The first-order valence-corrected chi connectivity index (χ1v) is 8.47. The SMILES string of the molecule is CCOC(=O)c1cc(-c2cccs2)nn1C(=O)c1ccc(Cl)cc1. The maximum atomic E-state index is 12.7. The molecule has 0 aliphatic rings. The number of nitrogens with zero attached hydrogens (tertiary/aromatic N) is 2. The van der Waals surface area contributed by atoms with E-state index in [0.717, 1.165) is 9.56 Å². The molecule has 0 bridgehead atoms. The van der Waals surface area contributed by atoms with E-state index >= 15 is 0 Å². The molecule has 0 unspecified atom stereocenters. The molecule has 0 saturated heterocycles. The van der Waals surface area contributed by atoms with Gasteiger partial charge in [-0.2, -0.15) is 9.78 Å². The average Bonchev–Trinajstić information content (AvgIpc) is 3.24. The van der Waals surface area contributed by atoms with E-state index in [2.05, 4.69) is 5.10 Å². The molecule has 24 heavy (non-hydrogen) atoms. The molecular formula is C17H13ClN2O3S. The fourth-order valence-electron chi connectivity index (χ4n) is 2.15. The highest BCUT2D eigenvalue weighted by molar-refractivity contribution is 7.13. The van der Waals surface area contributed by atoms with Gasteiger partial charge in [0, 0.05) is 16.7 Å². The monoisotopic (exact) mass is 360 g/mol. The van der Waals surface area contributed by atoms with Crippen LogP contribution in [0.15, 0.2) is 47.8 Å². The number of hydrogen-bond donors (Lipinski definition) is 0. The first-order valence-electron chi connectivity index (χ1n) is 7.21. The van der Waals surface area contributed by atoms with E-state index in [4.69, 9.17) is 16.3 Å². The maximum absolute atomic E-state index is 12.7. The molecule has 1 aromatic carbocycles. The Bertz CT molecular complexity index is 870. The molecule has 2 heterocycles. The Balaban J connectivity index is 2.05. The topological polar surface area (TPSA) is 61.2 Å². The molecule has 122 valence electrons. The Hall–Kier alpha value is -2.44. The van der Waals surface area contributed by atoms with Crippen molar-refractivity contribution in [1.29, 1.82) is 0 Å². The van der Waals surface area contributed by atoms with Gasteiger partial charge in [0.15, 0.2) is 5.69 Å². The lowest BCUT2D eigenvalue weighted by Gasteiger charge is -2.05. The summed E-state index contributed by atoms with van der Waals surface area (Å²) in [7, 11) is 0. The number of carbonyl (C=O) groups is 2. The van der Waals surface area contributed by atoms with Gasteiger partial charge in [0.2, 0.25) is 0 Å². The molecule has 7 heteroatoms. The van der Waals surface area contributed by atoms with E-state index in [1.807, 2.05) is 17.5 Å². The molecule has 0 N–H and O–H groups in total. The number of ether oxygens (including phenoxy) is 1. The largest absolute Gasteiger partial charge is 0.461 e. The number of hydrogen-bond acceptors (Lipinski definition) is 5. The van der Waals surface area contributed by atoms with Crippen LogP contribution in [0, 0.1) is 0 Å². The van der Waals surface area contributed by atoms with Crippen LogP contribution in [0.25, 0.3) is 10.6 Å². The van der Waals surface area contributed by atoms with E-state index in [1.165, 1.54) is 11.3 Å². The minimum atomic E-state index is -0.588. The molecule has 0 radical (unpaired) electrons. The zero-order chi connectivity index (χ0) is 17.1. The highest BCUT2D eigenvalue weighted by Crippen LogP contribution is 2.25. The lowest BCUT2D eigenvalue weighted by atomic mass is 10.2. The fourth-order valence-corrected chi connectivity index (χ4v) is 2.95. The van der Waals surface area contributed by atoms with Gasteiger partial charge in [-0.25, -0.2) is 4.79 Å². The van der Waals surface area contributed by atoms with Crippen LogP contribution in [-0.4, -0.2) is 28.3 Å². The molecule has 0 aliphatic carbocycles. The van der Waals surface area contributed by atoms with Crippen LogP contribution < -0.4 is 0 Å². The van der Waals surface area contributed by atoms with Crippen LogP contribution in [0.4, 0.5) is 0 Å². The Kier molecular flexibility index (Phi) is 4.78. The third kappa shape index (κ3) is 3.25. The van der Waals surface area contributed by atoms with Gasteiger partial charge in [0.25, 0.3) is 5.91 Å². The molecule has 2 aromatic heterocycles. The van der Waals surface area contributed by atoms with E-state index in [0.29, 0.717) is 16.3 Å². The molecule has 0 aliphatic heterocycles. The molecule has 0 saturated carbocycles. The van der Waals surface area contributed by atoms with E-state index in [1.54, 1.807) is 37.3 Å². The number of halogens is 1. The van der Waals surface area contributed by atoms with Crippen LogP contribution >= 0.6 is 22.9 Å². The van der Waals surface area contributed by atoms with Crippen LogP contribution in [-0.2, 0) is 4.74 Å². The second-order valence-electron chi connectivity index (χ2n) is 4.84. The second kappa shape index (κ2) is 6.98. The number of rotatable bonds is 4. The molecule has 0 fully saturated rings. The normalized spacial score (nSPS) is 10.6. The number of aromatic nitrogens is 2. The molecule has 3 rings (SSSR count). The molecule has 5 nitrogen and oxygen atoms in total. The third-order valence-electron chi connectivity index (χ3n) is 3.25. The standard InChI is InChI=1S/C17H13ClN2O3S/c1-2-23-17(22)14-10-13(15-4-3-9-24-15)19-20(14)16(21)11-5-7-12(18)8-6-11/h3-10H,2H2,1H3. The van der Waals surface area contributed by atoms with Crippen LogP contribution in [0.5, 0.6) is 0 Å². The van der Waals surface area contributed by atoms with Crippen molar-refractivity contribution in [2.45, 2.75) is 6.92 Å². The van der Waals surface area contributed by atoms with Gasteiger partial charge in [-0.1, -0.05) is 17.7 Å². The van der Waals surface area contributed by atoms with Crippen molar-refractivity contribution in [3.8, 4) is 10.6 Å². The number of benzene rings is 1. The minimum absolute atomic E-state index is 0.0974. The fraction of sp³-hybridized carbons (Fsp3) is 0.118. The molecule has 0 atom stereocenters. The van der Waals surface area contributed by atoms with Crippen molar-refractivity contribution in [3.05, 3.63) is 64.1 Å². The predicted octanol–water partition coefficient (Wildman–Crippen LogP) is 4.13. The quantitative estimate of drug-likeness (QED) is 0.656. The highest BCUT2D eigenvalue weighted by Gasteiger charge is 2.23. The summed E-state index contributed by atoms with van der Waals surface area (Å²) >= 11 is 7.33. The summed E-state index contributed by atoms with van der Waals surface area (Å²) in [4.78, 5) is 25.8. The summed E-state index contributed by atoms with van der Waals surface area (Å²) in [6, 6.07) is 11.7. The number of carbonyl (C=O) groups excluding carboxylic acids is 2. The molecule has 0 amide bonds. The van der Waals surface area contributed by atoms with Gasteiger partial charge in [0.05, 0.1) is 11.5 Å². The Morgan fingerprint density at radius 3 is 2.62 bits per heavy atom. The summed E-state index contributed by atoms with van der Waals surface area (Å²) in [5.41, 5.74) is 1.03. The Morgan fingerprint density at radius 1 is 1.25 bits per heavy atom. The van der Waals surface area contributed by atoms with Crippen molar-refractivity contribution in [2.24, 2.45) is 0 Å². The van der Waals surface area contributed by atoms with Crippen LogP contribution in [0.3, 0.4) is 0 Å². The lowest BCUT2D eigenvalue weighted by Crippen LogP contribution is -2.20.